The van der Waals surface area contributed by atoms with Crippen molar-refractivity contribution in [3.63, 3.8) is 0 Å². The summed E-state index contributed by atoms with van der Waals surface area (Å²) in [6.07, 6.45) is 1.80. The molecule has 2 heterocycles. The molecule has 0 saturated carbocycles. The topological polar surface area (TPSA) is 60.2 Å². The first-order chi connectivity index (χ1) is 13.4. The van der Waals surface area contributed by atoms with Gasteiger partial charge >= 0.3 is 0 Å². The molecule has 1 aliphatic rings. The summed E-state index contributed by atoms with van der Waals surface area (Å²) >= 11 is 1.68. The number of rotatable bonds is 8. The van der Waals surface area contributed by atoms with E-state index in [2.05, 4.69) is 33.8 Å². The largest absolute Gasteiger partial charge is 0.357 e. The van der Waals surface area contributed by atoms with Crippen molar-refractivity contribution in [2.75, 3.05) is 35.4 Å². The van der Waals surface area contributed by atoms with Crippen LogP contribution in [-0.4, -0.2) is 41.2 Å². The van der Waals surface area contributed by atoms with Crippen molar-refractivity contribution in [1.29, 1.82) is 0 Å². The number of aryl methyl sites for hydroxylation is 1. The van der Waals surface area contributed by atoms with Gasteiger partial charge < -0.3 is 19.9 Å². The lowest BCUT2D eigenvalue weighted by Crippen LogP contribution is -2.25. The second-order valence-electron chi connectivity index (χ2n) is 6.84. The molecule has 1 aromatic heterocycles. The number of H-pyrrole nitrogens is 1. The molecule has 0 radical (unpaired) electrons. The number of anilines is 2. The molecule has 0 unspecified atom stereocenters. The molecule has 0 saturated heterocycles. The number of halogens is 1. The number of aromatic amines is 1. The predicted octanol–water partition coefficient (Wildman–Crippen LogP) is 4.67. The van der Waals surface area contributed by atoms with Crippen LogP contribution in [0.4, 0.5) is 15.8 Å². The SMILES string of the molecule is CCN(CC)CCSNc1c(C)[nH]c(/C=C2\C(=O)Nc3ccc(F)cc32)c1C. The van der Waals surface area contributed by atoms with E-state index in [4.69, 9.17) is 0 Å². The number of hydrogen-bond donors (Lipinski definition) is 3. The van der Waals surface area contributed by atoms with Gasteiger partial charge in [0.1, 0.15) is 5.82 Å². The van der Waals surface area contributed by atoms with Crippen molar-refractivity contribution in [2.45, 2.75) is 27.7 Å². The highest BCUT2D eigenvalue weighted by atomic mass is 32.2. The van der Waals surface area contributed by atoms with Crippen molar-refractivity contribution in [2.24, 2.45) is 0 Å². The number of fused-ring (bicyclic) bond motifs is 1. The lowest BCUT2D eigenvalue weighted by Gasteiger charge is -2.17. The number of hydrogen-bond acceptors (Lipinski definition) is 4. The van der Waals surface area contributed by atoms with Gasteiger partial charge in [0.05, 0.1) is 11.3 Å². The van der Waals surface area contributed by atoms with Crippen LogP contribution in [0.25, 0.3) is 11.6 Å². The average Bonchev–Trinajstić information content (AvgIpc) is 3.12. The van der Waals surface area contributed by atoms with Crippen molar-refractivity contribution in [3.05, 3.63) is 46.5 Å². The van der Waals surface area contributed by atoms with Gasteiger partial charge in [-0.05, 0) is 56.8 Å². The molecule has 28 heavy (non-hydrogen) atoms. The van der Waals surface area contributed by atoms with Gasteiger partial charge in [-0.2, -0.15) is 0 Å². The lowest BCUT2D eigenvalue weighted by molar-refractivity contribution is -0.110. The maximum absolute atomic E-state index is 13.6. The van der Waals surface area contributed by atoms with E-state index in [1.807, 2.05) is 13.8 Å². The van der Waals surface area contributed by atoms with Gasteiger partial charge in [0.2, 0.25) is 0 Å². The number of aromatic nitrogens is 1. The molecule has 0 spiro atoms. The average molecular weight is 403 g/mol. The Labute approximate surface area is 169 Å². The van der Waals surface area contributed by atoms with Gasteiger partial charge in [0, 0.05) is 34.9 Å². The maximum Gasteiger partial charge on any atom is 0.256 e. The van der Waals surface area contributed by atoms with Crippen LogP contribution in [0.15, 0.2) is 18.2 Å². The van der Waals surface area contributed by atoms with Crippen LogP contribution in [0.2, 0.25) is 0 Å². The standard InChI is InChI=1S/C21H27FN4OS/c1-5-26(6-2)9-10-28-25-20-13(3)19(23-14(20)4)12-17-16-11-15(22)7-8-18(16)24-21(17)27/h7-8,11-12,23,25H,5-6,9-10H2,1-4H3,(H,24,27)/b17-12-. The van der Waals surface area contributed by atoms with Gasteiger partial charge in [-0.3, -0.25) is 4.79 Å². The Balaban J connectivity index is 1.76. The Morgan fingerprint density at radius 1 is 1.25 bits per heavy atom. The van der Waals surface area contributed by atoms with Crippen LogP contribution in [0.3, 0.4) is 0 Å². The van der Waals surface area contributed by atoms with Crippen molar-refractivity contribution in [1.82, 2.24) is 9.88 Å². The van der Waals surface area contributed by atoms with Crippen LogP contribution in [-0.2, 0) is 4.79 Å². The summed E-state index contributed by atoms with van der Waals surface area (Å²) in [6, 6.07) is 4.34. The molecule has 0 bridgehead atoms. The zero-order chi connectivity index (χ0) is 20.3. The molecule has 0 fully saturated rings. The fourth-order valence-corrected chi connectivity index (χ4v) is 4.26. The summed E-state index contributed by atoms with van der Waals surface area (Å²) in [6.45, 7) is 11.5. The predicted molar refractivity (Wildman–Crippen MR) is 117 cm³/mol. The van der Waals surface area contributed by atoms with Crippen LogP contribution in [0, 0.1) is 19.7 Å². The molecule has 0 atom stereocenters. The summed E-state index contributed by atoms with van der Waals surface area (Å²) in [7, 11) is 0. The number of benzene rings is 1. The molecular formula is C21H27FN4OS. The van der Waals surface area contributed by atoms with E-state index in [1.54, 1.807) is 24.1 Å². The summed E-state index contributed by atoms with van der Waals surface area (Å²) in [5.41, 5.74) is 5.65. The van der Waals surface area contributed by atoms with E-state index < -0.39 is 0 Å². The second-order valence-corrected chi connectivity index (χ2v) is 7.74. The summed E-state index contributed by atoms with van der Waals surface area (Å²) < 4.78 is 17.1. The molecule has 1 amide bonds. The van der Waals surface area contributed by atoms with E-state index in [1.165, 1.54) is 12.1 Å². The third kappa shape index (κ3) is 4.25. The summed E-state index contributed by atoms with van der Waals surface area (Å²) in [5, 5.41) is 2.79. The minimum atomic E-state index is -0.354. The van der Waals surface area contributed by atoms with E-state index in [0.29, 0.717) is 16.8 Å². The summed E-state index contributed by atoms with van der Waals surface area (Å²) in [4.78, 5) is 18.1. The van der Waals surface area contributed by atoms with Crippen molar-refractivity contribution in [3.8, 4) is 0 Å². The van der Waals surface area contributed by atoms with Crippen molar-refractivity contribution >= 4 is 40.9 Å². The Morgan fingerprint density at radius 2 is 2.00 bits per heavy atom. The normalized spacial score (nSPS) is 14.6. The highest BCUT2D eigenvalue weighted by Gasteiger charge is 2.25. The first-order valence-corrected chi connectivity index (χ1v) is 10.5. The van der Waals surface area contributed by atoms with Crippen LogP contribution in [0.1, 0.15) is 36.4 Å². The van der Waals surface area contributed by atoms with Crippen LogP contribution in [0.5, 0.6) is 0 Å². The molecule has 7 heteroatoms. The second kappa shape index (κ2) is 8.84. The molecule has 3 N–H and O–H groups in total. The van der Waals surface area contributed by atoms with E-state index >= 15 is 0 Å². The zero-order valence-corrected chi connectivity index (χ0v) is 17.6. The van der Waals surface area contributed by atoms with Gasteiger partial charge in [0.25, 0.3) is 5.91 Å². The highest BCUT2D eigenvalue weighted by Crippen LogP contribution is 2.35. The molecule has 150 valence electrons. The minimum absolute atomic E-state index is 0.213. The highest BCUT2D eigenvalue weighted by molar-refractivity contribution is 8.00. The number of carbonyl (C=O) groups excluding carboxylic acids is 1. The first kappa shape index (κ1) is 20.5. The Kier molecular flexibility index (Phi) is 6.46. The van der Waals surface area contributed by atoms with Gasteiger partial charge in [-0.25, -0.2) is 4.39 Å². The third-order valence-electron chi connectivity index (χ3n) is 5.11. The molecule has 5 nitrogen and oxygen atoms in total. The van der Waals surface area contributed by atoms with E-state index in [-0.39, 0.29) is 11.7 Å². The Bertz CT molecular complexity index is 902. The first-order valence-electron chi connectivity index (χ1n) is 9.56. The smallest absolute Gasteiger partial charge is 0.256 e. The number of carbonyl (C=O) groups is 1. The van der Waals surface area contributed by atoms with Gasteiger partial charge in [-0.1, -0.05) is 25.8 Å². The molecule has 1 aliphatic heterocycles. The number of nitrogens with one attached hydrogen (secondary N) is 3. The van der Waals surface area contributed by atoms with E-state index in [0.717, 1.165) is 48.0 Å². The quantitative estimate of drug-likeness (QED) is 0.341. The summed E-state index contributed by atoms with van der Waals surface area (Å²) in [5.74, 6) is 0.417. The van der Waals surface area contributed by atoms with Crippen LogP contribution >= 0.6 is 11.9 Å². The molecule has 0 aliphatic carbocycles. The monoisotopic (exact) mass is 402 g/mol. The lowest BCUT2D eigenvalue weighted by atomic mass is 10.0. The van der Waals surface area contributed by atoms with Gasteiger partial charge in [-0.15, -0.1) is 0 Å². The Morgan fingerprint density at radius 3 is 2.71 bits per heavy atom. The number of nitrogens with zero attached hydrogens (tertiary/aromatic N) is 1. The molecule has 1 aromatic carbocycles. The van der Waals surface area contributed by atoms with Gasteiger partial charge in [0.15, 0.2) is 0 Å². The third-order valence-corrected chi connectivity index (χ3v) is 5.84. The Hall–Kier alpha value is -2.25. The minimum Gasteiger partial charge on any atom is -0.357 e. The number of amides is 1. The van der Waals surface area contributed by atoms with Crippen molar-refractivity contribution < 1.29 is 9.18 Å². The fraction of sp³-hybridized carbons (Fsp3) is 0.381. The maximum atomic E-state index is 13.6. The zero-order valence-electron chi connectivity index (χ0n) is 16.8. The fourth-order valence-electron chi connectivity index (χ4n) is 3.36. The molecular weight excluding hydrogens is 375 g/mol. The van der Waals surface area contributed by atoms with E-state index in [9.17, 15) is 9.18 Å². The molecule has 2 aromatic rings. The van der Waals surface area contributed by atoms with Crippen LogP contribution < -0.4 is 10.0 Å². The molecule has 3 rings (SSSR count).